The summed E-state index contributed by atoms with van der Waals surface area (Å²) in [5, 5.41) is 5.97. The van der Waals surface area contributed by atoms with Crippen molar-refractivity contribution >= 4 is 0 Å². The van der Waals surface area contributed by atoms with Crippen LogP contribution < -0.4 is 10.3 Å². The second-order valence-electron chi connectivity index (χ2n) is 3.90. The van der Waals surface area contributed by atoms with E-state index in [4.69, 9.17) is 4.74 Å². The van der Waals surface area contributed by atoms with Gasteiger partial charge in [-0.25, -0.2) is 5.10 Å². The van der Waals surface area contributed by atoms with E-state index in [0.717, 1.165) is 6.42 Å². The maximum Gasteiger partial charge on any atom is 0.267 e. The fourth-order valence-electron chi connectivity index (χ4n) is 1.51. The van der Waals surface area contributed by atoms with Gasteiger partial charge in [-0.1, -0.05) is 39.0 Å². The van der Waals surface area contributed by atoms with E-state index in [2.05, 4.69) is 17.1 Å². The van der Waals surface area contributed by atoms with Gasteiger partial charge in [-0.3, -0.25) is 4.79 Å². The summed E-state index contributed by atoms with van der Waals surface area (Å²) in [6.07, 6.45) is 8.92. The molecule has 0 aliphatic carbocycles. The van der Waals surface area contributed by atoms with E-state index in [1.54, 1.807) is 0 Å². The minimum Gasteiger partial charge on any atom is -0.492 e. The number of ether oxygens (including phenoxy) is 1. The molecule has 90 valence electrons. The number of aromatic nitrogens is 2. The van der Waals surface area contributed by atoms with Crippen molar-refractivity contribution in [1.29, 1.82) is 0 Å². The lowest BCUT2D eigenvalue weighted by atomic mass is 10.1. The van der Waals surface area contributed by atoms with E-state index in [-0.39, 0.29) is 5.56 Å². The topological polar surface area (TPSA) is 55.0 Å². The van der Waals surface area contributed by atoms with Crippen molar-refractivity contribution in [2.45, 2.75) is 45.4 Å². The zero-order valence-corrected chi connectivity index (χ0v) is 9.87. The number of nitrogens with one attached hydrogen (secondary N) is 1. The van der Waals surface area contributed by atoms with Gasteiger partial charge in [0.15, 0.2) is 0 Å². The van der Waals surface area contributed by atoms with Gasteiger partial charge in [-0.15, -0.1) is 0 Å². The average Bonchev–Trinajstić information content (AvgIpc) is 2.28. The number of aromatic amines is 1. The quantitative estimate of drug-likeness (QED) is 0.690. The maximum absolute atomic E-state index is 10.9. The molecule has 0 fully saturated rings. The van der Waals surface area contributed by atoms with E-state index in [1.807, 2.05) is 0 Å². The number of nitrogens with zero attached hydrogens (tertiary/aromatic N) is 1. The van der Waals surface area contributed by atoms with Crippen molar-refractivity contribution in [2.75, 3.05) is 6.61 Å². The summed E-state index contributed by atoms with van der Waals surface area (Å²) in [6, 6.07) is 1.42. The maximum atomic E-state index is 10.9. The molecule has 1 aromatic heterocycles. The Morgan fingerprint density at radius 1 is 1.25 bits per heavy atom. The van der Waals surface area contributed by atoms with Crippen LogP contribution in [0.2, 0.25) is 0 Å². The third-order valence-corrected chi connectivity index (χ3v) is 2.41. The molecule has 0 atom stereocenters. The molecule has 0 amide bonds. The third kappa shape index (κ3) is 5.53. The van der Waals surface area contributed by atoms with Crippen LogP contribution in [-0.2, 0) is 0 Å². The smallest absolute Gasteiger partial charge is 0.267 e. The van der Waals surface area contributed by atoms with Crippen LogP contribution >= 0.6 is 0 Å². The van der Waals surface area contributed by atoms with Gasteiger partial charge in [0.1, 0.15) is 5.75 Å². The highest BCUT2D eigenvalue weighted by Gasteiger charge is 1.95. The highest BCUT2D eigenvalue weighted by Crippen LogP contribution is 2.07. The summed E-state index contributed by atoms with van der Waals surface area (Å²) in [7, 11) is 0. The molecular formula is C12H20N2O2. The highest BCUT2D eigenvalue weighted by atomic mass is 16.5. The minimum absolute atomic E-state index is 0.222. The highest BCUT2D eigenvalue weighted by molar-refractivity contribution is 5.12. The van der Waals surface area contributed by atoms with Crippen molar-refractivity contribution in [3.8, 4) is 5.75 Å². The number of unbranched alkanes of at least 4 members (excludes halogenated alkanes) is 5. The molecule has 0 unspecified atom stereocenters. The van der Waals surface area contributed by atoms with Gasteiger partial charge in [-0.05, 0) is 6.42 Å². The molecule has 4 heteroatoms. The SMILES string of the molecule is CCCCCCCCOc1cn[nH]c(=O)c1. The summed E-state index contributed by atoms with van der Waals surface area (Å²) in [5.41, 5.74) is -0.222. The Labute approximate surface area is 96.0 Å². The summed E-state index contributed by atoms with van der Waals surface area (Å²) in [5.74, 6) is 0.553. The summed E-state index contributed by atoms with van der Waals surface area (Å²) >= 11 is 0. The molecule has 0 aromatic carbocycles. The van der Waals surface area contributed by atoms with Crippen LogP contribution in [0.25, 0.3) is 0 Å². The monoisotopic (exact) mass is 224 g/mol. The zero-order chi connectivity index (χ0) is 11.6. The molecule has 1 rings (SSSR count). The third-order valence-electron chi connectivity index (χ3n) is 2.41. The number of hydrogen-bond acceptors (Lipinski definition) is 3. The molecular weight excluding hydrogens is 204 g/mol. The fourth-order valence-corrected chi connectivity index (χ4v) is 1.51. The lowest BCUT2D eigenvalue weighted by Crippen LogP contribution is -2.07. The zero-order valence-electron chi connectivity index (χ0n) is 9.87. The Balaban J connectivity index is 2.05. The van der Waals surface area contributed by atoms with Crippen LogP contribution in [0.5, 0.6) is 5.75 Å². The van der Waals surface area contributed by atoms with Crippen LogP contribution in [0.1, 0.15) is 45.4 Å². The van der Waals surface area contributed by atoms with Crippen molar-refractivity contribution < 1.29 is 4.74 Å². The van der Waals surface area contributed by atoms with Crippen molar-refractivity contribution in [3.63, 3.8) is 0 Å². The lowest BCUT2D eigenvalue weighted by molar-refractivity contribution is 0.302. The molecule has 0 aliphatic heterocycles. The van der Waals surface area contributed by atoms with Gasteiger partial charge in [0.25, 0.3) is 5.56 Å². The predicted molar refractivity (Wildman–Crippen MR) is 63.7 cm³/mol. The Morgan fingerprint density at radius 2 is 2.00 bits per heavy atom. The van der Waals surface area contributed by atoms with Crippen LogP contribution in [0, 0.1) is 0 Å². The average molecular weight is 224 g/mol. The molecule has 0 radical (unpaired) electrons. The van der Waals surface area contributed by atoms with Crippen LogP contribution in [0.3, 0.4) is 0 Å². The van der Waals surface area contributed by atoms with Gasteiger partial charge in [-0.2, -0.15) is 5.10 Å². The van der Waals surface area contributed by atoms with Crippen LogP contribution in [0.15, 0.2) is 17.1 Å². The first-order valence-corrected chi connectivity index (χ1v) is 6.00. The van der Waals surface area contributed by atoms with Gasteiger partial charge >= 0.3 is 0 Å². The Hall–Kier alpha value is -1.32. The second-order valence-corrected chi connectivity index (χ2v) is 3.90. The molecule has 16 heavy (non-hydrogen) atoms. The molecule has 0 aliphatic rings. The molecule has 0 saturated carbocycles. The fraction of sp³-hybridized carbons (Fsp3) is 0.667. The Bertz CT molecular complexity index is 336. The van der Waals surface area contributed by atoms with E-state index >= 15 is 0 Å². The number of hydrogen-bond donors (Lipinski definition) is 1. The Morgan fingerprint density at radius 3 is 2.75 bits per heavy atom. The summed E-state index contributed by atoms with van der Waals surface area (Å²) in [4.78, 5) is 10.9. The summed E-state index contributed by atoms with van der Waals surface area (Å²) in [6.45, 7) is 2.88. The van der Waals surface area contributed by atoms with E-state index in [1.165, 1.54) is 44.4 Å². The molecule has 1 heterocycles. The molecule has 0 bridgehead atoms. The number of rotatable bonds is 8. The normalized spacial score (nSPS) is 10.3. The largest absolute Gasteiger partial charge is 0.492 e. The van der Waals surface area contributed by atoms with Crippen molar-refractivity contribution in [3.05, 3.63) is 22.6 Å². The van der Waals surface area contributed by atoms with Gasteiger partial charge in [0.2, 0.25) is 0 Å². The lowest BCUT2D eigenvalue weighted by Gasteiger charge is -2.04. The first-order chi connectivity index (χ1) is 7.83. The molecule has 4 nitrogen and oxygen atoms in total. The van der Waals surface area contributed by atoms with E-state index in [0.29, 0.717) is 12.4 Å². The minimum atomic E-state index is -0.222. The molecule has 0 spiro atoms. The van der Waals surface area contributed by atoms with E-state index < -0.39 is 0 Å². The summed E-state index contributed by atoms with van der Waals surface area (Å²) < 4.78 is 5.41. The van der Waals surface area contributed by atoms with E-state index in [9.17, 15) is 4.79 Å². The van der Waals surface area contributed by atoms with Crippen LogP contribution in [-0.4, -0.2) is 16.8 Å². The molecule has 1 N–H and O–H groups in total. The standard InChI is InChI=1S/C12H20N2O2/c1-2-3-4-5-6-7-8-16-11-9-12(15)14-13-10-11/h9-10H,2-8H2,1H3,(H,14,15). The second kappa shape index (κ2) is 7.91. The Kier molecular flexibility index (Phi) is 6.30. The van der Waals surface area contributed by atoms with Crippen LogP contribution in [0.4, 0.5) is 0 Å². The van der Waals surface area contributed by atoms with Crippen molar-refractivity contribution in [2.24, 2.45) is 0 Å². The predicted octanol–water partition coefficient (Wildman–Crippen LogP) is 2.51. The number of H-pyrrole nitrogens is 1. The van der Waals surface area contributed by atoms with Gasteiger partial charge < -0.3 is 4.74 Å². The first kappa shape index (κ1) is 12.7. The molecule has 0 saturated heterocycles. The molecule has 1 aromatic rings. The van der Waals surface area contributed by atoms with Gasteiger partial charge in [0, 0.05) is 6.07 Å². The first-order valence-electron chi connectivity index (χ1n) is 6.00. The van der Waals surface area contributed by atoms with Gasteiger partial charge in [0.05, 0.1) is 12.8 Å². The van der Waals surface area contributed by atoms with Crippen molar-refractivity contribution in [1.82, 2.24) is 10.2 Å².